The normalized spacial score (nSPS) is 11.2. The minimum atomic E-state index is 1.08. The molecule has 4 aromatic carbocycles. The summed E-state index contributed by atoms with van der Waals surface area (Å²) in [7, 11) is 0. The summed E-state index contributed by atoms with van der Waals surface area (Å²) >= 11 is 8.97. The van der Waals surface area contributed by atoms with E-state index in [1.807, 2.05) is 11.3 Å². The van der Waals surface area contributed by atoms with Crippen LogP contribution in [0.5, 0.6) is 0 Å². The van der Waals surface area contributed by atoms with Crippen molar-refractivity contribution in [2.45, 2.75) is 0 Å². The number of hydrogen-bond acceptors (Lipinski definition) is 2. The summed E-state index contributed by atoms with van der Waals surface area (Å²) in [6.45, 7) is 0. The van der Waals surface area contributed by atoms with Crippen LogP contribution in [0.1, 0.15) is 0 Å². The number of para-hydroxylation sites is 1. The maximum absolute atomic E-state index is 3.59. The molecule has 5 rings (SSSR count). The van der Waals surface area contributed by atoms with Crippen molar-refractivity contribution in [3.63, 3.8) is 0 Å². The second-order valence-corrected chi connectivity index (χ2v) is 9.49. The summed E-state index contributed by atoms with van der Waals surface area (Å²) in [5.74, 6) is 0. The number of rotatable bonds is 3. The highest BCUT2D eigenvalue weighted by Crippen LogP contribution is 2.41. The predicted octanol–water partition coefficient (Wildman–Crippen LogP) is 9.05. The first kappa shape index (κ1) is 17.9. The molecular weight excluding hydrogens is 494 g/mol. The summed E-state index contributed by atoms with van der Waals surface area (Å²) in [4.78, 5) is 2.30. The van der Waals surface area contributed by atoms with Crippen LogP contribution in [0.3, 0.4) is 0 Å². The van der Waals surface area contributed by atoms with Gasteiger partial charge in [0.25, 0.3) is 0 Å². The minimum absolute atomic E-state index is 1.08. The van der Waals surface area contributed by atoms with Gasteiger partial charge in [0.15, 0.2) is 0 Å². The van der Waals surface area contributed by atoms with Crippen LogP contribution in [0, 0.1) is 0 Å². The van der Waals surface area contributed by atoms with E-state index in [0.717, 1.165) is 26.0 Å². The Kier molecular flexibility index (Phi) is 4.71. The average Bonchev–Trinajstić information content (AvgIpc) is 3.07. The van der Waals surface area contributed by atoms with Crippen LogP contribution in [0.15, 0.2) is 99.9 Å². The van der Waals surface area contributed by atoms with Gasteiger partial charge in [-0.3, -0.25) is 0 Å². The summed E-state index contributed by atoms with van der Waals surface area (Å²) in [5.41, 5.74) is 3.44. The van der Waals surface area contributed by atoms with Gasteiger partial charge < -0.3 is 4.90 Å². The molecule has 1 aromatic heterocycles. The largest absolute Gasteiger partial charge is 0.310 e. The summed E-state index contributed by atoms with van der Waals surface area (Å²) in [6.07, 6.45) is 0. The van der Waals surface area contributed by atoms with Crippen LogP contribution in [-0.4, -0.2) is 0 Å². The molecule has 28 heavy (non-hydrogen) atoms. The SMILES string of the molecule is Brc1ccc(N(c2ccccc2)c2ccc3sc4cc(Br)ccc4c3c2)cc1. The second-order valence-electron chi connectivity index (χ2n) is 6.57. The first-order chi connectivity index (χ1) is 13.7. The lowest BCUT2D eigenvalue weighted by molar-refractivity contribution is 1.29. The van der Waals surface area contributed by atoms with Crippen molar-refractivity contribution in [3.8, 4) is 0 Å². The zero-order valence-electron chi connectivity index (χ0n) is 14.8. The van der Waals surface area contributed by atoms with E-state index in [1.165, 1.54) is 20.2 Å². The van der Waals surface area contributed by atoms with Gasteiger partial charge in [-0.25, -0.2) is 0 Å². The molecular formula is C24H15Br2NS. The predicted molar refractivity (Wildman–Crippen MR) is 129 cm³/mol. The van der Waals surface area contributed by atoms with E-state index in [1.54, 1.807) is 0 Å². The number of halogens is 2. The van der Waals surface area contributed by atoms with Gasteiger partial charge in [-0.15, -0.1) is 11.3 Å². The van der Waals surface area contributed by atoms with Crippen molar-refractivity contribution < 1.29 is 0 Å². The van der Waals surface area contributed by atoms with E-state index in [9.17, 15) is 0 Å². The molecule has 0 unspecified atom stereocenters. The highest BCUT2D eigenvalue weighted by atomic mass is 79.9. The molecule has 4 heteroatoms. The fourth-order valence-electron chi connectivity index (χ4n) is 3.49. The molecule has 0 N–H and O–H groups in total. The maximum atomic E-state index is 3.59. The van der Waals surface area contributed by atoms with Crippen molar-refractivity contribution in [1.82, 2.24) is 0 Å². The third kappa shape index (κ3) is 3.26. The Labute approximate surface area is 184 Å². The smallest absolute Gasteiger partial charge is 0.0468 e. The van der Waals surface area contributed by atoms with Gasteiger partial charge in [0.1, 0.15) is 0 Å². The Hall–Kier alpha value is -2.14. The Morgan fingerprint density at radius 2 is 1.21 bits per heavy atom. The molecule has 0 aliphatic carbocycles. The Morgan fingerprint density at radius 3 is 2.00 bits per heavy atom. The summed E-state index contributed by atoms with van der Waals surface area (Å²) in [6, 6.07) is 32.2. The minimum Gasteiger partial charge on any atom is -0.310 e. The number of benzene rings is 4. The van der Waals surface area contributed by atoms with Crippen molar-refractivity contribution in [2.24, 2.45) is 0 Å². The van der Waals surface area contributed by atoms with Crippen LogP contribution in [0.2, 0.25) is 0 Å². The van der Waals surface area contributed by atoms with Crippen molar-refractivity contribution in [2.75, 3.05) is 4.90 Å². The number of hydrogen-bond donors (Lipinski definition) is 0. The molecule has 0 spiro atoms. The molecule has 0 radical (unpaired) electrons. The Bertz CT molecular complexity index is 1280. The number of anilines is 3. The standard InChI is InChI=1S/C24H15Br2NS/c25-16-6-9-19(10-7-16)27(18-4-2-1-3-5-18)20-11-13-23-22(15-20)21-12-8-17(26)14-24(21)28-23/h1-15H. The van der Waals surface area contributed by atoms with Gasteiger partial charge in [-0.1, -0.05) is 56.1 Å². The Balaban J connectivity index is 1.73. The third-order valence-electron chi connectivity index (χ3n) is 4.77. The van der Waals surface area contributed by atoms with Crippen LogP contribution in [-0.2, 0) is 0 Å². The highest BCUT2D eigenvalue weighted by Gasteiger charge is 2.14. The summed E-state index contributed by atoms with van der Waals surface area (Å²) < 4.78 is 4.80. The van der Waals surface area contributed by atoms with E-state index >= 15 is 0 Å². The second kappa shape index (κ2) is 7.36. The molecule has 1 nitrogen and oxygen atoms in total. The van der Waals surface area contributed by atoms with Crippen molar-refractivity contribution in [1.29, 1.82) is 0 Å². The molecule has 5 aromatic rings. The molecule has 0 atom stereocenters. The highest BCUT2D eigenvalue weighted by molar-refractivity contribution is 9.10. The van der Waals surface area contributed by atoms with Gasteiger partial charge in [0.2, 0.25) is 0 Å². The Morgan fingerprint density at radius 1 is 0.536 bits per heavy atom. The molecule has 0 aliphatic heterocycles. The number of fused-ring (bicyclic) bond motifs is 3. The number of thiophene rings is 1. The van der Waals surface area contributed by atoms with Gasteiger partial charge in [0.05, 0.1) is 0 Å². The van der Waals surface area contributed by atoms with E-state index in [0.29, 0.717) is 0 Å². The molecule has 0 amide bonds. The summed E-state index contributed by atoms with van der Waals surface area (Å²) in [5, 5.41) is 2.59. The topological polar surface area (TPSA) is 3.24 Å². The lowest BCUT2D eigenvalue weighted by Gasteiger charge is -2.25. The molecule has 1 heterocycles. The lowest BCUT2D eigenvalue weighted by Crippen LogP contribution is -2.09. The van der Waals surface area contributed by atoms with Crippen LogP contribution in [0.4, 0.5) is 17.1 Å². The molecule has 136 valence electrons. The molecule has 0 aliphatic rings. The fourth-order valence-corrected chi connectivity index (χ4v) is 5.40. The van der Waals surface area contributed by atoms with Gasteiger partial charge >= 0.3 is 0 Å². The van der Waals surface area contributed by atoms with Gasteiger partial charge in [0, 0.05) is 46.2 Å². The number of nitrogens with zero attached hydrogens (tertiary/aromatic N) is 1. The van der Waals surface area contributed by atoms with Crippen LogP contribution < -0.4 is 4.90 Å². The lowest BCUT2D eigenvalue weighted by atomic mass is 10.1. The zero-order chi connectivity index (χ0) is 19.1. The quantitative estimate of drug-likeness (QED) is 0.235. The van der Waals surface area contributed by atoms with E-state index in [4.69, 9.17) is 0 Å². The third-order valence-corrected chi connectivity index (χ3v) is 6.93. The van der Waals surface area contributed by atoms with Crippen molar-refractivity contribution in [3.05, 3.63) is 99.9 Å². The molecule has 0 fully saturated rings. The van der Waals surface area contributed by atoms with Gasteiger partial charge in [-0.2, -0.15) is 0 Å². The van der Waals surface area contributed by atoms with Crippen molar-refractivity contribution >= 4 is 80.4 Å². The monoisotopic (exact) mass is 507 g/mol. The first-order valence-corrected chi connectivity index (χ1v) is 11.3. The fraction of sp³-hybridized carbons (Fsp3) is 0. The van der Waals surface area contributed by atoms with E-state index < -0.39 is 0 Å². The first-order valence-electron chi connectivity index (χ1n) is 8.92. The van der Waals surface area contributed by atoms with E-state index in [-0.39, 0.29) is 0 Å². The molecule has 0 saturated heterocycles. The van der Waals surface area contributed by atoms with E-state index in [2.05, 4.69) is 128 Å². The zero-order valence-corrected chi connectivity index (χ0v) is 18.8. The van der Waals surface area contributed by atoms with Crippen LogP contribution in [0.25, 0.3) is 20.2 Å². The van der Waals surface area contributed by atoms with Gasteiger partial charge in [-0.05, 0) is 66.7 Å². The maximum Gasteiger partial charge on any atom is 0.0468 e. The molecule has 0 bridgehead atoms. The average molecular weight is 509 g/mol. The van der Waals surface area contributed by atoms with Crippen LogP contribution >= 0.6 is 43.2 Å². The molecule has 0 saturated carbocycles.